The minimum atomic E-state index is -0.163. The summed E-state index contributed by atoms with van der Waals surface area (Å²) in [6, 6.07) is 71.8. The van der Waals surface area contributed by atoms with Gasteiger partial charge in [0.05, 0.1) is 0 Å². The Morgan fingerprint density at radius 3 is 1.14 bits per heavy atom. The highest BCUT2D eigenvalue weighted by atomic mass is 15.0. The third-order valence-electron chi connectivity index (χ3n) is 12.6. The summed E-state index contributed by atoms with van der Waals surface area (Å²) in [5, 5.41) is 4.67. The fourth-order valence-corrected chi connectivity index (χ4v) is 9.37. The Morgan fingerprint density at radius 2 is 0.708 bits per heavy atom. The monoisotopic (exact) mass is 833 g/mol. The van der Waals surface area contributed by atoms with Crippen molar-refractivity contribution in [2.75, 3.05) is 11.5 Å². The van der Waals surface area contributed by atoms with Crippen LogP contribution >= 0.6 is 0 Å². The van der Waals surface area contributed by atoms with E-state index in [-0.39, 0.29) is 6.71 Å². The second-order valence-corrected chi connectivity index (χ2v) is 16.6. The predicted octanol–water partition coefficient (Wildman–Crippen LogP) is 11.2. The molecule has 9 aromatic carbocycles. The average molecular weight is 834 g/mol. The number of anilines is 2. The van der Waals surface area contributed by atoms with Crippen LogP contribution in [0.25, 0.3) is 100 Å². The summed E-state index contributed by atoms with van der Waals surface area (Å²) in [6.07, 6.45) is 0. The molecule has 0 aliphatic heterocycles. The molecule has 0 saturated carbocycles. The van der Waals surface area contributed by atoms with Crippen LogP contribution in [0.1, 0.15) is 0 Å². The molecule has 8 heteroatoms. The minimum Gasteiger partial charge on any atom is -0.399 e. The number of fused-ring (bicyclic) bond motifs is 6. The molecule has 306 valence electrons. The molecule has 6 N–H and O–H groups in total. The van der Waals surface area contributed by atoms with Gasteiger partial charge in [-0.2, -0.15) is 0 Å². The first-order valence-corrected chi connectivity index (χ1v) is 21.8. The van der Waals surface area contributed by atoms with Gasteiger partial charge in [-0.15, -0.1) is 0 Å². The fourth-order valence-electron chi connectivity index (χ4n) is 9.37. The van der Waals surface area contributed by atoms with Crippen molar-refractivity contribution in [3.05, 3.63) is 206 Å². The Hall–Kier alpha value is -8.75. The Balaban J connectivity index is 1.04. The summed E-state index contributed by atoms with van der Waals surface area (Å²) in [7, 11) is 0. The number of hydrogen-bond donors (Lipinski definition) is 4. The van der Waals surface area contributed by atoms with Crippen LogP contribution in [-0.2, 0) is 0 Å². The maximum Gasteiger partial charge on any atom is 0.246 e. The van der Waals surface area contributed by atoms with E-state index in [2.05, 4.69) is 131 Å². The van der Waals surface area contributed by atoms with Crippen LogP contribution in [0.3, 0.4) is 0 Å². The van der Waals surface area contributed by atoms with Crippen LogP contribution in [0.15, 0.2) is 206 Å². The highest BCUT2D eigenvalue weighted by Crippen LogP contribution is 2.33. The van der Waals surface area contributed by atoms with E-state index in [1.807, 2.05) is 84.9 Å². The lowest BCUT2D eigenvalue weighted by molar-refractivity contribution is 1.07. The summed E-state index contributed by atoms with van der Waals surface area (Å²) in [4.78, 5) is 22.8. The van der Waals surface area contributed by atoms with Gasteiger partial charge in [0.25, 0.3) is 0 Å². The van der Waals surface area contributed by atoms with E-state index in [0.29, 0.717) is 17.5 Å². The van der Waals surface area contributed by atoms with Crippen LogP contribution in [0.2, 0.25) is 0 Å². The van der Waals surface area contributed by atoms with Crippen molar-refractivity contribution >= 4 is 78.1 Å². The van der Waals surface area contributed by atoms with Crippen molar-refractivity contribution < 1.29 is 0 Å². The molecule has 0 fully saturated rings. The van der Waals surface area contributed by atoms with E-state index < -0.39 is 0 Å². The van der Waals surface area contributed by atoms with Crippen LogP contribution in [0.5, 0.6) is 0 Å². The number of aromatic amines is 2. The molecular weight excluding hydrogens is 793 g/mol. The molecule has 0 aliphatic carbocycles. The van der Waals surface area contributed by atoms with E-state index in [0.717, 1.165) is 77.8 Å². The number of aromatic nitrogens is 5. The van der Waals surface area contributed by atoms with Crippen molar-refractivity contribution in [3.63, 3.8) is 0 Å². The van der Waals surface area contributed by atoms with E-state index in [9.17, 15) is 0 Å². The van der Waals surface area contributed by atoms with Crippen LogP contribution < -0.4 is 27.9 Å². The maximum absolute atomic E-state index is 6.06. The summed E-state index contributed by atoms with van der Waals surface area (Å²) >= 11 is 0. The third kappa shape index (κ3) is 6.85. The molecule has 12 rings (SSSR count). The largest absolute Gasteiger partial charge is 0.399 e. The molecule has 3 heterocycles. The Kier molecular flexibility index (Phi) is 9.09. The lowest BCUT2D eigenvalue weighted by atomic mass is 9.36. The second-order valence-electron chi connectivity index (χ2n) is 16.6. The Labute approximate surface area is 375 Å². The van der Waals surface area contributed by atoms with Crippen LogP contribution in [0.4, 0.5) is 11.4 Å². The molecule has 0 saturated heterocycles. The van der Waals surface area contributed by atoms with Crippen LogP contribution in [-0.4, -0.2) is 31.6 Å². The quantitative estimate of drug-likeness (QED) is 0.0897. The topological polar surface area (TPSA) is 122 Å². The van der Waals surface area contributed by atoms with Gasteiger partial charge in [0.2, 0.25) is 6.71 Å². The summed E-state index contributed by atoms with van der Waals surface area (Å²) in [5.41, 5.74) is 28.8. The third-order valence-corrected chi connectivity index (χ3v) is 12.6. The van der Waals surface area contributed by atoms with E-state index >= 15 is 0 Å². The fraction of sp³-hybridized carbons (Fsp3) is 0. The lowest BCUT2D eigenvalue weighted by Gasteiger charge is -2.18. The Bertz CT molecular complexity index is 3490. The molecule has 65 heavy (non-hydrogen) atoms. The predicted molar refractivity (Wildman–Crippen MR) is 272 cm³/mol. The lowest BCUT2D eigenvalue weighted by Crippen LogP contribution is -2.52. The summed E-state index contributed by atoms with van der Waals surface area (Å²) in [6.45, 7) is -0.163. The number of nitrogens with two attached hydrogens (primary N) is 2. The standard InChI is InChI=1S/C57H40BN7/c59-43-27-19-35(20-28-43)40-23-31-51-47(33-40)45-13-7-15-49(53(45)61-51)58(50-16-8-14-46-48-34-41(24-32-52(48)62-54(46)50)36-21-29-44(60)30-22-36)42-25-17-39(18-26-42)57-64-55(37-9-3-1-4-10-37)63-56(65-57)38-11-5-2-6-12-38/h1-34,61-62H,59-60H2. The highest BCUT2D eigenvalue weighted by molar-refractivity contribution is 6.98. The summed E-state index contributed by atoms with van der Waals surface area (Å²) < 4.78 is 0. The van der Waals surface area contributed by atoms with Crippen molar-refractivity contribution in [3.8, 4) is 56.4 Å². The molecule has 0 aliphatic rings. The van der Waals surface area contributed by atoms with Gasteiger partial charge in [0.15, 0.2) is 17.5 Å². The van der Waals surface area contributed by atoms with Crippen LogP contribution in [0, 0.1) is 0 Å². The molecule has 3 aromatic heterocycles. The number of nitrogens with one attached hydrogen (secondary N) is 2. The second kappa shape index (κ2) is 15.6. The molecule has 0 spiro atoms. The molecule has 0 unspecified atom stereocenters. The zero-order valence-electron chi connectivity index (χ0n) is 35.2. The van der Waals surface area contributed by atoms with E-state index in [4.69, 9.17) is 26.4 Å². The van der Waals surface area contributed by atoms with Crippen molar-refractivity contribution in [2.24, 2.45) is 0 Å². The zero-order valence-corrected chi connectivity index (χ0v) is 35.2. The first-order chi connectivity index (χ1) is 32.0. The normalized spacial score (nSPS) is 11.5. The summed E-state index contributed by atoms with van der Waals surface area (Å²) in [5.74, 6) is 1.88. The van der Waals surface area contributed by atoms with Gasteiger partial charge in [0.1, 0.15) is 0 Å². The van der Waals surface area contributed by atoms with Gasteiger partial charge < -0.3 is 21.4 Å². The minimum absolute atomic E-state index is 0.163. The van der Waals surface area contributed by atoms with E-state index in [1.165, 1.54) is 32.5 Å². The number of para-hydroxylation sites is 2. The average Bonchev–Trinajstić information content (AvgIpc) is 3.94. The number of benzene rings is 9. The smallest absolute Gasteiger partial charge is 0.246 e. The first-order valence-electron chi connectivity index (χ1n) is 21.8. The maximum atomic E-state index is 6.06. The number of nitrogen functional groups attached to an aromatic ring is 2. The molecule has 0 radical (unpaired) electrons. The molecule has 0 atom stereocenters. The van der Waals surface area contributed by atoms with Gasteiger partial charge in [-0.05, 0) is 81.7 Å². The van der Waals surface area contributed by atoms with Gasteiger partial charge in [-0.1, -0.05) is 163 Å². The van der Waals surface area contributed by atoms with E-state index in [1.54, 1.807) is 0 Å². The van der Waals surface area contributed by atoms with Crippen molar-refractivity contribution in [1.82, 2.24) is 24.9 Å². The van der Waals surface area contributed by atoms with Crippen molar-refractivity contribution in [1.29, 1.82) is 0 Å². The zero-order chi connectivity index (χ0) is 43.4. The van der Waals surface area contributed by atoms with Crippen molar-refractivity contribution in [2.45, 2.75) is 0 Å². The Morgan fingerprint density at radius 1 is 0.323 bits per heavy atom. The van der Waals surface area contributed by atoms with Gasteiger partial charge in [0, 0.05) is 71.7 Å². The molecule has 0 amide bonds. The molecule has 0 bridgehead atoms. The number of nitrogens with zero attached hydrogens (tertiary/aromatic N) is 3. The molecule has 12 aromatic rings. The first kappa shape index (κ1) is 38.0. The highest BCUT2D eigenvalue weighted by Gasteiger charge is 2.28. The number of hydrogen-bond acceptors (Lipinski definition) is 5. The van der Waals surface area contributed by atoms with Gasteiger partial charge in [-0.25, -0.2) is 15.0 Å². The number of H-pyrrole nitrogens is 2. The molecular formula is C57H40BN7. The number of rotatable bonds is 8. The van der Waals surface area contributed by atoms with Gasteiger partial charge >= 0.3 is 0 Å². The SMILES string of the molecule is Nc1ccc(-c2ccc3[nH]c4c(B(c5ccc(-c6nc(-c7ccccc7)nc(-c7ccccc7)n6)cc5)c5cccc6c5[nH]c5ccc(-c7ccc(N)cc7)cc56)cccc4c3c2)cc1. The molecule has 7 nitrogen and oxygen atoms in total. The van der Waals surface area contributed by atoms with Gasteiger partial charge in [-0.3, -0.25) is 0 Å².